The summed E-state index contributed by atoms with van der Waals surface area (Å²) < 4.78 is 0. The number of halogens is 1. The summed E-state index contributed by atoms with van der Waals surface area (Å²) in [4.78, 5) is 5.49. The van der Waals surface area contributed by atoms with Crippen molar-refractivity contribution in [3.63, 3.8) is 0 Å². The first kappa shape index (κ1) is 15.5. The van der Waals surface area contributed by atoms with Crippen molar-refractivity contribution < 1.29 is 0 Å². The van der Waals surface area contributed by atoms with Gasteiger partial charge in [-0.15, -0.1) is 11.3 Å². The van der Waals surface area contributed by atoms with Crippen LogP contribution in [0.2, 0.25) is 5.02 Å². The standard InChI is InChI=1S/C16H21ClN2S/c1-16(2,3)19-9-13(8-15-10-18-11-20-15)12-4-6-14(17)7-5-12/h4-7,10-11,13,19H,8-9H2,1-3H3. The molecule has 2 aromatic rings. The molecule has 0 fully saturated rings. The summed E-state index contributed by atoms with van der Waals surface area (Å²) in [7, 11) is 0. The van der Waals surface area contributed by atoms with Crippen molar-refractivity contribution in [2.45, 2.75) is 38.6 Å². The summed E-state index contributed by atoms with van der Waals surface area (Å²) in [6, 6.07) is 8.18. The third-order valence-corrected chi connectivity index (χ3v) is 4.21. The van der Waals surface area contributed by atoms with Crippen molar-refractivity contribution in [1.82, 2.24) is 10.3 Å². The Morgan fingerprint density at radius 3 is 2.50 bits per heavy atom. The van der Waals surface area contributed by atoms with Crippen molar-refractivity contribution >= 4 is 22.9 Å². The van der Waals surface area contributed by atoms with Gasteiger partial charge in [0.25, 0.3) is 0 Å². The minimum absolute atomic E-state index is 0.123. The van der Waals surface area contributed by atoms with Crippen LogP contribution in [0, 0.1) is 0 Å². The maximum atomic E-state index is 5.99. The van der Waals surface area contributed by atoms with E-state index >= 15 is 0 Å². The molecular formula is C16H21ClN2S. The molecule has 20 heavy (non-hydrogen) atoms. The highest BCUT2D eigenvalue weighted by molar-refractivity contribution is 7.09. The van der Waals surface area contributed by atoms with Crippen LogP contribution in [0.5, 0.6) is 0 Å². The largest absolute Gasteiger partial charge is 0.311 e. The number of nitrogens with zero attached hydrogens (tertiary/aromatic N) is 1. The van der Waals surface area contributed by atoms with Crippen molar-refractivity contribution in [3.05, 3.63) is 51.4 Å². The molecule has 0 saturated carbocycles. The highest BCUT2D eigenvalue weighted by Gasteiger charge is 2.17. The predicted octanol–water partition coefficient (Wildman–Crippen LogP) is 4.51. The van der Waals surface area contributed by atoms with Gasteiger partial charge >= 0.3 is 0 Å². The van der Waals surface area contributed by atoms with Gasteiger partial charge in [-0.2, -0.15) is 0 Å². The van der Waals surface area contributed by atoms with Crippen molar-refractivity contribution in [2.24, 2.45) is 0 Å². The van der Waals surface area contributed by atoms with Crippen molar-refractivity contribution in [1.29, 1.82) is 0 Å². The van der Waals surface area contributed by atoms with E-state index in [2.05, 4.69) is 43.2 Å². The molecule has 0 aliphatic carbocycles. The fourth-order valence-electron chi connectivity index (χ4n) is 2.06. The van der Waals surface area contributed by atoms with E-state index in [1.807, 2.05) is 23.8 Å². The Hall–Kier alpha value is -0.900. The van der Waals surface area contributed by atoms with E-state index < -0.39 is 0 Å². The van der Waals surface area contributed by atoms with Crippen LogP contribution in [-0.4, -0.2) is 17.1 Å². The normalized spacial score (nSPS) is 13.4. The first-order valence-electron chi connectivity index (χ1n) is 6.82. The third-order valence-electron chi connectivity index (χ3n) is 3.15. The molecule has 2 nitrogen and oxygen atoms in total. The van der Waals surface area contributed by atoms with Crippen LogP contribution in [-0.2, 0) is 6.42 Å². The van der Waals surface area contributed by atoms with E-state index in [1.54, 1.807) is 11.3 Å². The van der Waals surface area contributed by atoms with Crippen LogP contribution in [0.3, 0.4) is 0 Å². The minimum Gasteiger partial charge on any atom is -0.311 e. The molecule has 0 aliphatic heterocycles. The quantitative estimate of drug-likeness (QED) is 0.879. The summed E-state index contributed by atoms with van der Waals surface area (Å²) in [6.07, 6.45) is 2.97. The topological polar surface area (TPSA) is 24.9 Å². The average Bonchev–Trinajstić information content (AvgIpc) is 2.87. The highest BCUT2D eigenvalue weighted by Crippen LogP contribution is 2.24. The molecule has 2 rings (SSSR count). The Balaban J connectivity index is 2.12. The lowest BCUT2D eigenvalue weighted by molar-refractivity contribution is 0.405. The van der Waals surface area contributed by atoms with Gasteiger partial charge < -0.3 is 5.32 Å². The van der Waals surface area contributed by atoms with E-state index in [0.29, 0.717) is 5.92 Å². The zero-order valence-electron chi connectivity index (χ0n) is 12.2. The molecule has 0 spiro atoms. The molecule has 0 radical (unpaired) electrons. The maximum Gasteiger partial charge on any atom is 0.0794 e. The zero-order valence-corrected chi connectivity index (χ0v) is 13.8. The molecule has 0 amide bonds. The summed E-state index contributed by atoms with van der Waals surface area (Å²) in [5.41, 5.74) is 3.34. The van der Waals surface area contributed by atoms with E-state index in [-0.39, 0.29) is 5.54 Å². The average molecular weight is 309 g/mol. The van der Waals surface area contributed by atoms with E-state index in [1.165, 1.54) is 10.4 Å². The summed E-state index contributed by atoms with van der Waals surface area (Å²) >= 11 is 7.70. The first-order valence-corrected chi connectivity index (χ1v) is 8.08. The molecular weight excluding hydrogens is 288 g/mol. The second kappa shape index (κ2) is 6.70. The smallest absolute Gasteiger partial charge is 0.0794 e. The van der Waals surface area contributed by atoms with Gasteiger partial charge in [-0.05, 0) is 44.9 Å². The SMILES string of the molecule is CC(C)(C)NCC(Cc1cncs1)c1ccc(Cl)cc1. The van der Waals surface area contributed by atoms with Crippen LogP contribution in [0.4, 0.5) is 0 Å². The number of hydrogen-bond acceptors (Lipinski definition) is 3. The van der Waals surface area contributed by atoms with E-state index in [0.717, 1.165) is 18.0 Å². The van der Waals surface area contributed by atoms with Crippen LogP contribution in [0.15, 0.2) is 36.0 Å². The molecule has 1 aromatic carbocycles. The van der Waals surface area contributed by atoms with E-state index in [4.69, 9.17) is 11.6 Å². The van der Waals surface area contributed by atoms with Crippen LogP contribution in [0.1, 0.15) is 37.1 Å². The summed E-state index contributed by atoms with van der Waals surface area (Å²) in [6.45, 7) is 7.53. The number of thiazole rings is 1. The Morgan fingerprint density at radius 2 is 1.95 bits per heavy atom. The zero-order chi connectivity index (χ0) is 14.6. The minimum atomic E-state index is 0.123. The number of hydrogen-bond donors (Lipinski definition) is 1. The Kier molecular flexibility index (Phi) is 5.19. The third kappa shape index (κ3) is 4.89. The Bertz CT molecular complexity index is 514. The van der Waals surface area contributed by atoms with Gasteiger partial charge in [0.2, 0.25) is 0 Å². The second-order valence-electron chi connectivity index (χ2n) is 6.05. The van der Waals surface area contributed by atoms with Gasteiger partial charge in [-0.3, -0.25) is 4.98 Å². The van der Waals surface area contributed by atoms with E-state index in [9.17, 15) is 0 Å². The van der Waals surface area contributed by atoms with Crippen molar-refractivity contribution in [3.8, 4) is 0 Å². The fraction of sp³-hybridized carbons (Fsp3) is 0.438. The molecule has 0 bridgehead atoms. The van der Waals surface area contributed by atoms with Gasteiger partial charge in [0.15, 0.2) is 0 Å². The monoisotopic (exact) mass is 308 g/mol. The molecule has 0 aliphatic rings. The first-order chi connectivity index (χ1) is 9.44. The van der Waals surface area contributed by atoms with Gasteiger partial charge in [0, 0.05) is 34.1 Å². The molecule has 108 valence electrons. The van der Waals surface area contributed by atoms with Crippen LogP contribution >= 0.6 is 22.9 Å². The maximum absolute atomic E-state index is 5.99. The lowest BCUT2D eigenvalue weighted by atomic mass is 9.94. The molecule has 1 heterocycles. The molecule has 0 saturated heterocycles. The lowest BCUT2D eigenvalue weighted by Crippen LogP contribution is -2.39. The van der Waals surface area contributed by atoms with Gasteiger partial charge in [-0.1, -0.05) is 23.7 Å². The Labute approximate surface area is 130 Å². The molecule has 1 aromatic heterocycles. The summed E-state index contributed by atoms with van der Waals surface area (Å²) in [5.74, 6) is 0.437. The summed E-state index contributed by atoms with van der Waals surface area (Å²) in [5, 5.41) is 4.38. The fourth-order valence-corrected chi connectivity index (χ4v) is 2.86. The lowest BCUT2D eigenvalue weighted by Gasteiger charge is -2.25. The van der Waals surface area contributed by atoms with Crippen LogP contribution in [0.25, 0.3) is 0 Å². The number of rotatable bonds is 5. The van der Waals surface area contributed by atoms with Gasteiger partial charge in [0.1, 0.15) is 0 Å². The number of nitrogens with one attached hydrogen (secondary N) is 1. The van der Waals surface area contributed by atoms with Gasteiger partial charge in [0.05, 0.1) is 5.51 Å². The molecule has 1 unspecified atom stereocenters. The second-order valence-corrected chi connectivity index (χ2v) is 7.46. The Morgan fingerprint density at radius 1 is 1.25 bits per heavy atom. The molecule has 4 heteroatoms. The molecule has 1 atom stereocenters. The van der Waals surface area contributed by atoms with Crippen molar-refractivity contribution in [2.75, 3.05) is 6.54 Å². The van der Waals surface area contributed by atoms with Crippen LogP contribution < -0.4 is 5.32 Å². The molecule has 1 N–H and O–H groups in total. The number of benzene rings is 1. The predicted molar refractivity (Wildman–Crippen MR) is 87.8 cm³/mol. The van der Waals surface area contributed by atoms with Gasteiger partial charge in [-0.25, -0.2) is 0 Å². The highest BCUT2D eigenvalue weighted by atomic mass is 35.5. The number of aromatic nitrogens is 1.